The number of fused-ring (bicyclic) bond motifs is 1. The van der Waals surface area contributed by atoms with Crippen LogP contribution in [0, 0.1) is 6.42 Å². The maximum atomic E-state index is 11.7. The number of carbonyl (C=O) groups is 1. The van der Waals surface area contributed by atoms with Crippen LogP contribution in [0.15, 0.2) is 24.4 Å². The Morgan fingerprint density at radius 1 is 1.20 bits per heavy atom. The number of primary amides is 1. The topological polar surface area (TPSA) is 99.8 Å². The van der Waals surface area contributed by atoms with Gasteiger partial charge in [-0.25, -0.2) is 9.97 Å². The van der Waals surface area contributed by atoms with Crippen LogP contribution in [0.1, 0.15) is 21.6 Å². The molecule has 0 aliphatic carbocycles. The average Bonchev–Trinajstić information content (AvgIpc) is 3.10. The Bertz CT molecular complexity index is 805. The van der Waals surface area contributed by atoms with E-state index in [1.165, 1.54) is 6.20 Å². The number of aromatic nitrogens is 2. The van der Waals surface area contributed by atoms with E-state index in [1.54, 1.807) is 6.42 Å². The van der Waals surface area contributed by atoms with Gasteiger partial charge in [-0.05, 0) is 17.7 Å². The van der Waals surface area contributed by atoms with Crippen LogP contribution in [0.3, 0.4) is 0 Å². The highest BCUT2D eigenvalue weighted by atomic mass is 16.7. The van der Waals surface area contributed by atoms with Gasteiger partial charge in [0.25, 0.3) is 5.91 Å². The summed E-state index contributed by atoms with van der Waals surface area (Å²) in [7, 11) is 0. The zero-order chi connectivity index (χ0) is 17.2. The van der Waals surface area contributed by atoms with Crippen LogP contribution in [0.5, 0.6) is 11.5 Å². The quantitative estimate of drug-likeness (QED) is 0.875. The summed E-state index contributed by atoms with van der Waals surface area (Å²) in [6.07, 6.45) is 3.26. The van der Waals surface area contributed by atoms with E-state index in [0.717, 1.165) is 5.56 Å². The largest absolute Gasteiger partial charge is 0.454 e. The Labute approximate surface area is 144 Å². The number of nitrogens with zero attached hydrogens (tertiary/aromatic N) is 3. The smallest absolute Gasteiger partial charge is 0.252 e. The number of nitrogens with two attached hydrogens (primary N) is 1. The molecule has 3 heterocycles. The molecule has 129 valence electrons. The van der Waals surface area contributed by atoms with Crippen molar-refractivity contribution in [2.75, 3.05) is 38.0 Å². The molecule has 0 atom stereocenters. The number of morpholine rings is 1. The molecule has 0 spiro atoms. The van der Waals surface area contributed by atoms with E-state index in [0.29, 0.717) is 49.4 Å². The second-order valence-electron chi connectivity index (χ2n) is 5.69. The Morgan fingerprint density at radius 2 is 2.00 bits per heavy atom. The molecule has 2 N–H and O–H groups in total. The summed E-state index contributed by atoms with van der Waals surface area (Å²) < 4.78 is 16.0. The van der Waals surface area contributed by atoms with Gasteiger partial charge in [0.05, 0.1) is 24.5 Å². The Morgan fingerprint density at radius 3 is 2.80 bits per heavy atom. The van der Waals surface area contributed by atoms with Crippen molar-refractivity contribution in [2.45, 2.75) is 0 Å². The number of ether oxygens (including phenoxy) is 3. The molecule has 2 aliphatic rings. The van der Waals surface area contributed by atoms with Crippen molar-refractivity contribution in [3.8, 4) is 11.5 Å². The van der Waals surface area contributed by atoms with Crippen LogP contribution in [0.2, 0.25) is 0 Å². The molecule has 0 saturated carbocycles. The van der Waals surface area contributed by atoms with E-state index in [4.69, 9.17) is 19.9 Å². The fourth-order valence-corrected chi connectivity index (χ4v) is 2.76. The molecule has 2 aliphatic heterocycles. The average molecular weight is 341 g/mol. The third-order valence-corrected chi connectivity index (χ3v) is 4.06. The summed E-state index contributed by atoms with van der Waals surface area (Å²) in [5.41, 5.74) is 7.05. The first-order valence-corrected chi connectivity index (χ1v) is 7.94. The maximum Gasteiger partial charge on any atom is 0.252 e. The van der Waals surface area contributed by atoms with E-state index in [2.05, 4.69) is 9.97 Å². The van der Waals surface area contributed by atoms with Crippen molar-refractivity contribution < 1.29 is 19.0 Å². The van der Waals surface area contributed by atoms with Gasteiger partial charge in [-0.15, -0.1) is 0 Å². The molecule has 1 fully saturated rings. The molecule has 0 bridgehead atoms. The predicted octanol–water partition coefficient (Wildman–Crippen LogP) is 0.741. The van der Waals surface area contributed by atoms with E-state index < -0.39 is 5.91 Å². The van der Waals surface area contributed by atoms with Crippen LogP contribution < -0.4 is 20.1 Å². The van der Waals surface area contributed by atoms with Gasteiger partial charge < -0.3 is 24.8 Å². The van der Waals surface area contributed by atoms with Crippen LogP contribution >= 0.6 is 0 Å². The van der Waals surface area contributed by atoms with Gasteiger partial charge in [0.2, 0.25) is 12.7 Å². The zero-order valence-electron chi connectivity index (χ0n) is 13.5. The van der Waals surface area contributed by atoms with Crippen LogP contribution in [-0.2, 0) is 4.74 Å². The van der Waals surface area contributed by atoms with Crippen molar-refractivity contribution in [3.63, 3.8) is 0 Å². The van der Waals surface area contributed by atoms with E-state index in [1.807, 2.05) is 23.1 Å². The molecule has 1 radical (unpaired) electrons. The van der Waals surface area contributed by atoms with E-state index in [9.17, 15) is 4.79 Å². The molecule has 0 unspecified atom stereocenters. The molecule has 8 nitrogen and oxygen atoms in total. The normalized spacial score (nSPS) is 16.1. The first kappa shape index (κ1) is 15.6. The third kappa shape index (κ3) is 3.20. The van der Waals surface area contributed by atoms with Gasteiger partial charge in [0, 0.05) is 25.7 Å². The minimum atomic E-state index is -0.569. The molecular formula is C17H17N4O4. The summed E-state index contributed by atoms with van der Waals surface area (Å²) in [6, 6.07) is 5.53. The number of hydrogen-bond donors (Lipinski definition) is 1. The van der Waals surface area contributed by atoms with Crippen molar-refractivity contribution in [3.05, 3.63) is 47.6 Å². The lowest BCUT2D eigenvalue weighted by atomic mass is 10.1. The van der Waals surface area contributed by atoms with Crippen LogP contribution in [0.25, 0.3) is 0 Å². The Kier molecular flexibility index (Phi) is 4.10. The second-order valence-corrected chi connectivity index (χ2v) is 5.69. The molecule has 4 rings (SSSR count). The number of benzene rings is 1. The lowest BCUT2D eigenvalue weighted by Crippen LogP contribution is -2.37. The minimum Gasteiger partial charge on any atom is -0.454 e. The first-order chi connectivity index (χ1) is 12.2. The number of amides is 1. The third-order valence-electron chi connectivity index (χ3n) is 4.06. The predicted molar refractivity (Wildman–Crippen MR) is 88.7 cm³/mol. The lowest BCUT2D eigenvalue weighted by Gasteiger charge is -2.27. The molecule has 1 saturated heterocycles. The van der Waals surface area contributed by atoms with Crippen LogP contribution in [-0.4, -0.2) is 49.0 Å². The molecule has 1 aromatic carbocycles. The van der Waals surface area contributed by atoms with Gasteiger partial charge >= 0.3 is 0 Å². The zero-order valence-corrected chi connectivity index (χ0v) is 13.5. The van der Waals surface area contributed by atoms with Gasteiger partial charge in [-0.3, -0.25) is 4.79 Å². The Balaban J connectivity index is 1.65. The summed E-state index contributed by atoms with van der Waals surface area (Å²) in [4.78, 5) is 22.6. The number of rotatable bonds is 4. The number of carbonyl (C=O) groups excluding carboxylic acids is 1. The van der Waals surface area contributed by atoms with E-state index >= 15 is 0 Å². The Hall–Kier alpha value is -2.87. The summed E-state index contributed by atoms with van der Waals surface area (Å²) >= 11 is 0. The molecule has 1 aromatic heterocycles. The van der Waals surface area contributed by atoms with Crippen molar-refractivity contribution >= 4 is 11.9 Å². The molecular weight excluding hydrogens is 324 g/mol. The van der Waals surface area contributed by atoms with Gasteiger partial charge in [-0.1, -0.05) is 6.07 Å². The number of anilines is 1. The van der Waals surface area contributed by atoms with Crippen molar-refractivity contribution in [2.24, 2.45) is 5.73 Å². The molecule has 8 heteroatoms. The highest BCUT2D eigenvalue weighted by Gasteiger charge is 2.19. The van der Waals surface area contributed by atoms with Gasteiger partial charge in [0.15, 0.2) is 11.5 Å². The second kappa shape index (κ2) is 6.56. The van der Waals surface area contributed by atoms with Crippen molar-refractivity contribution in [1.29, 1.82) is 0 Å². The highest BCUT2D eigenvalue weighted by molar-refractivity contribution is 5.94. The van der Waals surface area contributed by atoms with Gasteiger partial charge in [0.1, 0.15) is 0 Å². The molecule has 1 amide bonds. The summed E-state index contributed by atoms with van der Waals surface area (Å²) in [6.45, 7) is 2.88. The van der Waals surface area contributed by atoms with Crippen LogP contribution in [0.4, 0.5) is 5.95 Å². The van der Waals surface area contributed by atoms with E-state index in [-0.39, 0.29) is 12.4 Å². The summed E-state index contributed by atoms with van der Waals surface area (Å²) in [5.74, 6) is 1.35. The molecule has 2 aromatic rings. The summed E-state index contributed by atoms with van der Waals surface area (Å²) in [5, 5.41) is 0. The van der Waals surface area contributed by atoms with Gasteiger partial charge in [-0.2, -0.15) is 0 Å². The lowest BCUT2D eigenvalue weighted by molar-refractivity contribution is 0.0999. The SMILES string of the molecule is NC(=O)c1cnc(N2CCOCC2)nc1[CH]c1ccc2c(c1)OCO2. The maximum absolute atomic E-state index is 11.7. The van der Waals surface area contributed by atoms with Crippen molar-refractivity contribution in [1.82, 2.24) is 9.97 Å². The number of hydrogen-bond acceptors (Lipinski definition) is 7. The standard InChI is InChI=1S/C17H17N4O4/c18-16(22)12-9-19-17(21-3-5-23-6-4-21)20-13(12)7-11-1-2-14-15(8-11)25-10-24-14/h1-2,7-9H,3-6,10H2,(H2,18,22). The first-order valence-electron chi connectivity index (χ1n) is 7.94. The minimum absolute atomic E-state index is 0.208. The monoisotopic (exact) mass is 341 g/mol. The highest BCUT2D eigenvalue weighted by Crippen LogP contribution is 2.33. The fourth-order valence-electron chi connectivity index (χ4n) is 2.76. The molecule has 25 heavy (non-hydrogen) atoms. The fraction of sp³-hybridized carbons (Fsp3) is 0.294.